The minimum Gasteiger partial charge on any atom is -0.490 e. The highest BCUT2D eigenvalue weighted by molar-refractivity contribution is 9.10. The average molecular weight is 328 g/mol. The summed E-state index contributed by atoms with van der Waals surface area (Å²) in [6, 6.07) is 4.30. The van der Waals surface area contributed by atoms with Crippen LogP contribution in [0.15, 0.2) is 16.6 Å². The quantitative estimate of drug-likeness (QED) is 0.903. The molecule has 2 atom stereocenters. The van der Waals surface area contributed by atoms with Crippen molar-refractivity contribution in [2.24, 2.45) is 5.73 Å². The van der Waals surface area contributed by atoms with Crippen molar-refractivity contribution in [3.63, 3.8) is 0 Å². The zero-order valence-electron chi connectivity index (χ0n) is 11.6. The second-order valence-electron chi connectivity index (χ2n) is 5.34. The second-order valence-corrected chi connectivity index (χ2v) is 6.25. The van der Waals surface area contributed by atoms with Crippen molar-refractivity contribution < 1.29 is 9.47 Å². The Hall–Kier alpha value is -0.580. The van der Waals surface area contributed by atoms with Gasteiger partial charge in [-0.05, 0) is 56.4 Å². The number of halogens is 1. The van der Waals surface area contributed by atoms with Gasteiger partial charge in [-0.3, -0.25) is 0 Å². The lowest BCUT2D eigenvalue weighted by Gasteiger charge is -2.18. The molecule has 2 rings (SSSR count). The number of hydrogen-bond donors (Lipinski definition) is 1. The van der Waals surface area contributed by atoms with Crippen LogP contribution in [-0.2, 0) is 11.2 Å². The van der Waals surface area contributed by atoms with Gasteiger partial charge < -0.3 is 15.2 Å². The minimum atomic E-state index is 0.124. The van der Waals surface area contributed by atoms with Crippen LogP contribution in [0.2, 0.25) is 0 Å². The molecule has 0 aromatic heterocycles. The molecule has 2 N–H and O–H groups in total. The van der Waals surface area contributed by atoms with Crippen LogP contribution in [0.4, 0.5) is 0 Å². The van der Waals surface area contributed by atoms with Crippen molar-refractivity contribution >= 4 is 15.9 Å². The van der Waals surface area contributed by atoms with Crippen molar-refractivity contribution in [3.8, 4) is 5.75 Å². The Morgan fingerprint density at radius 3 is 2.95 bits per heavy atom. The van der Waals surface area contributed by atoms with E-state index in [9.17, 15) is 0 Å². The molecule has 2 unspecified atom stereocenters. The first kappa shape index (κ1) is 14.8. The Bertz CT molecular complexity index is 428. The maximum Gasteiger partial charge on any atom is 0.125 e. The summed E-state index contributed by atoms with van der Waals surface area (Å²) in [5.74, 6) is 0.969. The first-order valence-electron chi connectivity index (χ1n) is 6.85. The predicted molar refractivity (Wildman–Crippen MR) is 80.7 cm³/mol. The summed E-state index contributed by atoms with van der Waals surface area (Å²) < 4.78 is 12.7. The second kappa shape index (κ2) is 6.73. The molecule has 1 aliphatic rings. The third kappa shape index (κ3) is 4.20. The summed E-state index contributed by atoms with van der Waals surface area (Å²) in [5, 5.41) is 0. The Kier molecular flexibility index (Phi) is 5.25. The molecule has 4 heteroatoms. The van der Waals surface area contributed by atoms with Crippen molar-refractivity contribution in [2.45, 2.75) is 45.3 Å². The monoisotopic (exact) mass is 327 g/mol. The van der Waals surface area contributed by atoms with Crippen LogP contribution in [-0.4, -0.2) is 25.4 Å². The molecule has 0 amide bonds. The van der Waals surface area contributed by atoms with E-state index in [4.69, 9.17) is 15.2 Å². The standard InChI is InChI=1S/C15H22BrNO2/c1-10-6-13(16)8-12(7-11(2)17)15(10)19-9-14-4-3-5-18-14/h6,8,11,14H,3-5,7,9,17H2,1-2H3. The molecule has 1 aromatic rings. The minimum absolute atomic E-state index is 0.124. The van der Waals surface area contributed by atoms with Gasteiger partial charge in [-0.15, -0.1) is 0 Å². The van der Waals surface area contributed by atoms with E-state index in [2.05, 4.69) is 35.0 Å². The Labute approximate surface area is 123 Å². The van der Waals surface area contributed by atoms with Crippen LogP contribution in [0.3, 0.4) is 0 Å². The molecule has 0 radical (unpaired) electrons. The van der Waals surface area contributed by atoms with Crippen LogP contribution >= 0.6 is 15.9 Å². The van der Waals surface area contributed by atoms with E-state index in [-0.39, 0.29) is 12.1 Å². The van der Waals surface area contributed by atoms with Gasteiger partial charge in [-0.2, -0.15) is 0 Å². The number of aryl methyl sites for hydroxylation is 1. The maximum atomic E-state index is 6.01. The average Bonchev–Trinajstić information content (AvgIpc) is 2.79. The van der Waals surface area contributed by atoms with Gasteiger partial charge in [0, 0.05) is 17.1 Å². The van der Waals surface area contributed by atoms with Crippen LogP contribution in [0, 0.1) is 6.92 Å². The number of benzene rings is 1. The molecule has 19 heavy (non-hydrogen) atoms. The molecule has 0 spiro atoms. The highest BCUT2D eigenvalue weighted by atomic mass is 79.9. The number of ether oxygens (including phenoxy) is 2. The first-order valence-corrected chi connectivity index (χ1v) is 7.64. The zero-order valence-corrected chi connectivity index (χ0v) is 13.2. The molecule has 0 saturated carbocycles. The fourth-order valence-corrected chi connectivity index (χ4v) is 3.08. The molecular weight excluding hydrogens is 306 g/mol. The van der Waals surface area contributed by atoms with Gasteiger partial charge in [0.1, 0.15) is 12.4 Å². The molecule has 0 aliphatic carbocycles. The third-order valence-electron chi connectivity index (χ3n) is 3.30. The van der Waals surface area contributed by atoms with E-state index < -0.39 is 0 Å². The van der Waals surface area contributed by atoms with Crippen molar-refractivity contribution in [1.82, 2.24) is 0 Å². The van der Waals surface area contributed by atoms with Gasteiger partial charge in [-0.25, -0.2) is 0 Å². The fourth-order valence-electron chi connectivity index (χ4n) is 2.46. The maximum absolute atomic E-state index is 6.01. The Morgan fingerprint density at radius 1 is 1.53 bits per heavy atom. The SMILES string of the molecule is Cc1cc(Br)cc(CC(C)N)c1OCC1CCCO1. The lowest BCUT2D eigenvalue weighted by Crippen LogP contribution is -2.20. The smallest absolute Gasteiger partial charge is 0.125 e. The summed E-state index contributed by atoms with van der Waals surface area (Å²) in [6.07, 6.45) is 3.30. The third-order valence-corrected chi connectivity index (χ3v) is 3.75. The molecule has 1 aromatic carbocycles. The van der Waals surface area contributed by atoms with Gasteiger partial charge >= 0.3 is 0 Å². The van der Waals surface area contributed by atoms with Gasteiger partial charge in [0.25, 0.3) is 0 Å². The summed E-state index contributed by atoms with van der Waals surface area (Å²) in [7, 11) is 0. The van der Waals surface area contributed by atoms with Gasteiger partial charge in [0.15, 0.2) is 0 Å². The largest absolute Gasteiger partial charge is 0.490 e. The number of hydrogen-bond acceptors (Lipinski definition) is 3. The Balaban J connectivity index is 2.11. The highest BCUT2D eigenvalue weighted by Gasteiger charge is 2.18. The van der Waals surface area contributed by atoms with Crippen molar-refractivity contribution in [3.05, 3.63) is 27.7 Å². The van der Waals surface area contributed by atoms with Gasteiger partial charge in [0.05, 0.1) is 6.10 Å². The molecule has 1 aliphatic heterocycles. The van der Waals surface area contributed by atoms with E-state index in [0.717, 1.165) is 41.7 Å². The van der Waals surface area contributed by atoms with Gasteiger partial charge in [-0.1, -0.05) is 15.9 Å². The Morgan fingerprint density at radius 2 is 2.32 bits per heavy atom. The molecule has 3 nitrogen and oxygen atoms in total. The van der Waals surface area contributed by atoms with E-state index in [1.54, 1.807) is 0 Å². The lowest BCUT2D eigenvalue weighted by atomic mass is 10.0. The van der Waals surface area contributed by atoms with Gasteiger partial charge in [0.2, 0.25) is 0 Å². The molecule has 106 valence electrons. The summed E-state index contributed by atoms with van der Waals surface area (Å²) in [6.45, 7) is 5.58. The summed E-state index contributed by atoms with van der Waals surface area (Å²) in [5.41, 5.74) is 8.22. The van der Waals surface area contributed by atoms with E-state index in [1.807, 2.05) is 6.92 Å². The highest BCUT2D eigenvalue weighted by Crippen LogP contribution is 2.29. The van der Waals surface area contributed by atoms with Crippen LogP contribution in [0.25, 0.3) is 0 Å². The van der Waals surface area contributed by atoms with E-state index >= 15 is 0 Å². The lowest BCUT2D eigenvalue weighted by molar-refractivity contribution is 0.0673. The zero-order chi connectivity index (χ0) is 13.8. The van der Waals surface area contributed by atoms with Crippen molar-refractivity contribution in [2.75, 3.05) is 13.2 Å². The topological polar surface area (TPSA) is 44.5 Å². The molecule has 1 saturated heterocycles. The van der Waals surface area contributed by atoms with E-state index in [0.29, 0.717) is 6.61 Å². The van der Waals surface area contributed by atoms with Crippen LogP contribution in [0.5, 0.6) is 5.75 Å². The number of rotatable bonds is 5. The molecule has 1 fully saturated rings. The normalized spacial score (nSPS) is 20.5. The molecule has 1 heterocycles. The van der Waals surface area contributed by atoms with Crippen LogP contribution < -0.4 is 10.5 Å². The first-order chi connectivity index (χ1) is 9.06. The van der Waals surface area contributed by atoms with Crippen molar-refractivity contribution in [1.29, 1.82) is 0 Å². The molecular formula is C15H22BrNO2. The fraction of sp³-hybridized carbons (Fsp3) is 0.600. The summed E-state index contributed by atoms with van der Waals surface area (Å²) >= 11 is 3.53. The predicted octanol–water partition coefficient (Wildman–Crippen LogP) is 3.21. The van der Waals surface area contributed by atoms with Crippen LogP contribution in [0.1, 0.15) is 30.9 Å². The number of nitrogens with two attached hydrogens (primary N) is 1. The molecule has 0 bridgehead atoms. The van der Waals surface area contributed by atoms with E-state index in [1.165, 1.54) is 5.56 Å². The summed E-state index contributed by atoms with van der Waals surface area (Å²) in [4.78, 5) is 0.